The van der Waals surface area contributed by atoms with Gasteiger partial charge in [0, 0.05) is 12.1 Å². The number of hydrogen-bond donors (Lipinski definition) is 2. The first-order valence-corrected chi connectivity index (χ1v) is 6.08. The maximum atomic E-state index is 12.0. The molecule has 1 aliphatic rings. The lowest BCUT2D eigenvalue weighted by Gasteiger charge is -2.29. The van der Waals surface area contributed by atoms with Gasteiger partial charge in [-0.2, -0.15) is 13.5 Å². The van der Waals surface area contributed by atoms with Crippen LogP contribution in [0.4, 0.5) is 0 Å². The molecule has 1 heterocycles. The standard InChI is InChI=1S/C14H20N2O.H2S/c1-14(2,3)16-13(17)12-8-10-6-4-5-7-11(10)9-15-12;/h4-7,12,15H,8-9H2,1-3H3,(H,16,17);1H2. The van der Waals surface area contributed by atoms with Gasteiger partial charge in [-0.15, -0.1) is 0 Å². The first-order chi connectivity index (χ1) is 7.96. The Labute approximate surface area is 116 Å². The highest BCUT2D eigenvalue weighted by Crippen LogP contribution is 2.16. The van der Waals surface area contributed by atoms with Crippen LogP contribution in [0.2, 0.25) is 0 Å². The van der Waals surface area contributed by atoms with Crippen LogP contribution in [0.5, 0.6) is 0 Å². The number of fused-ring (bicyclic) bond motifs is 1. The molecule has 100 valence electrons. The van der Waals surface area contributed by atoms with Gasteiger partial charge in [-0.3, -0.25) is 4.79 Å². The van der Waals surface area contributed by atoms with E-state index in [1.807, 2.05) is 32.9 Å². The lowest BCUT2D eigenvalue weighted by Crippen LogP contribution is -2.52. The molecule has 0 saturated carbocycles. The van der Waals surface area contributed by atoms with Crippen LogP contribution in [-0.4, -0.2) is 17.5 Å². The number of carbonyl (C=O) groups is 1. The fourth-order valence-corrected chi connectivity index (χ4v) is 2.10. The van der Waals surface area contributed by atoms with Crippen LogP contribution in [0.1, 0.15) is 31.9 Å². The van der Waals surface area contributed by atoms with E-state index >= 15 is 0 Å². The second-order valence-electron chi connectivity index (χ2n) is 5.65. The van der Waals surface area contributed by atoms with Crippen LogP contribution in [0.3, 0.4) is 0 Å². The van der Waals surface area contributed by atoms with Crippen molar-refractivity contribution in [3.8, 4) is 0 Å². The number of nitrogens with one attached hydrogen (secondary N) is 2. The molecule has 0 aromatic heterocycles. The molecule has 0 radical (unpaired) electrons. The smallest absolute Gasteiger partial charge is 0.237 e. The Morgan fingerprint density at radius 1 is 1.28 bits per heavy atom. The van der Waals surface area contributed by atoms with Crippen LogP contribution in [0, 0.1) is 0 Å². The van der Waals surface area contributed by atoms with Crippen molar-refractivity contribution in [3.05, 3.63) is 35.4 Å². The third-order valence-electron chi connectivity index (χ3n) is 2.90. The van der Waals surface area contributed by atoms with Gasteiger partial charge in [0.15, 0.2) is 0 Å². The summed E-state index contributed by atoms with van der Waals surface area (Å²) >= 11 is 0. The Hall–Kier alpha value is -1.00. The van der Waals surface area contributed by atoms with Crippen molar-refractivity contribution in [2.75, 3.05) is 0 Å². The molecule has 1 unspecified atom stereocenters. The van der Waals surface area contributed by atoms with E-state index in [0.717, 1.165) is 13.0 Å². The van der Waals surface area contributed by atoms with Gasteiger partial charge in [-0.1, -0.05) is 24.3 Å². The number of hydrogen-bond acceptors (Lipinski definition) is 2. The second-order valence-corrected chi connectivity index (χ2v) is 5.65. The van der Waals surface area contributed by atoms with Gasteiger partial charge in [0.1, 0.15) is 0 Å². The van der Waals surface area contributed by atoms with Crippen molar-refractivity contribution in [3.63, 3.8) is 0 Å². The topological polar surface area (TPSA) is 41.1 Å². The summed E-state index contributed by atoms with van der Waals surface area (Å²) in [7, 11) is 0. The summed E-state index contributed by atoms with van der Waals surface area (Å²) in [6.45, 7) is 6.78. The largest absolute Gasteiger partial charge is 0.350 e. The molecule has 18 heavy (non-hydrogen) atoms. The van der Waals surface area contributed by atoms with Crippen LogP contribution in [-0.2, 0) is 17.8 Å². The minimum Gasteiger partial charge on any atom is -0.350 e. The highest BCUT2D eigenvalue weighted by molar-refractivity contribution is 7.59. The molecule has 0 saturated heterocycles. The molecule has 2 N–H and O–H groups in total. The van der Waals surface area contributed by atoms with E-state index < -0.39 is 0 Å². The molecule has 1 amide bonds. The molecular weight excluding hydrogens is 244 g/mol. The van der Waals surface area contributed by atoms with Crippen LogP contribution < -0.4 is 10.6 Å². The summed E-state index contributed by atoms with van der Waals surface area (Å²) in [4.78, 5) is 12.0. The first kappa shape index (κ1) is 15.1. The quantitative estimate of drug-likeness (QED) is 0.813. The first-order valence-electron chi connectivity index (χ1n) is 6.08. The Morgan fingerprint density at radius 3 is 2.50 bits per heavy atom. The summed E-state index contributed by atoms with van der Waals surface area (Å²) in [5.41, 5.74) is 2.41. The van der Waals surface area contributed by atoms with E-state index in [4.69, 9.17) is 0 Å². The van der Waals surface area contributed by atoms with Crippen molar-refractivity contribution in [2.45, 2.75) is 45.3 Å². The average molecular weight is 266 g/mol. The molecule has 3 nitrogen and oxygen atoms in total. The van der Waals surface area contributed by atoms with E-state index in [9.17, 15) is 4.79 Å². The third-order valence-corrected chi connectivity index (χ3v) is 2.90. The Bertz CT molecular complexity index is 426. The summed E-state index contributed by atoms with van der Waals surface area (Å²) in [5, 5.41) is 6.30. The van der Waals surface area contributed by atoms with Gasteiger partial charge < -0.3 is 10.6 Å². The molecule has 1 aromatic carbocycles. The fourth-order valence-electron chi connectivity index (χ4n) is 2.10. The molecule has 0 bridgehead atoms. The molecule has 0 spiro atoms. The lowest BCUT2D eigenvalue weighted by molar-refractivity contribution is -0.124. The Morgan fingerprint density at radius 2 is 1.89 bits per heavy atom. The minimum atomic E-state index is -0.171. The normalized spacial score (nSPS) is 18.5. The van der Waals surface area contributed by atoms with Gasteiger partial charge in [0.05, 0.1) is 6.04 Å². The van der Waals surface area contributed by atoms with Crippen LogP contribution in [0.25, 0.3) is 0 Å². The van der Waals surface area contributed by atoms with Crippen molar-refractivity contribution in [1.82, 2.24) is 10.6 Å². The molecule has 0 aliphatic carbocycles. The highest BCUT2D eigenvalue weighted by Gasteiger charge is 2.26. The van der Waals surface area contributed by atoms with Crippen molar-refractivity contribution >= 4 is 19.4 Å². The fraction of sp³-hybridized carbons (Fsp3) is 0.500. The monoisotopic (exact) mass is 266 g/mol. The molecular formula is C14H22N2OS. The van der Waals surface area contributed by atoms with Crippen LogP contribution >= 0.6 is 13.5 Å². The molecule has 4 heteroatoms. The maximum absolute atomic E-state index is 12.0. The second kappa shape index (κ2) is 5.76. The van der Waals surface area contributed by atoms with Gasteiger partial charge in [-0.25, -0.2) is 0 Å². The van der Waals surface area contributed by atoms with Gasteiger partial charge in [0.2, 0.25) is 5.91 Å². The van der Waals surface area contributed by atoms with E-state index in [1.54, 1.807) is 0 Å². The summed E-state index contributed by atoms with van der Waals surface area (Å²) in [6, 6.07) is 8.18. The van der Waals surface area contributed by atoms with Crippen molar-refractivity contribution < 1.29 is 4.79 Å². The Balaban J connectivity index is 0.00000162. The van der Waals surface area contributed by atoms with Gasteiger partial charge in [-0.05, 0) is 38.3 Å². The van der Waals surface area contributed by atoms with E-state index in [0.29, 0.717) is 0 Å². The third kappa shape index (κ3) is 3.75. The van der Waals surface area contributed by atoms with E-state index in [2.05, 4.69) is 22.8 Å². The average Bonchev–Trinajstić information content (AvgIpc) is 2.26. The Kier molecular flexibility index (Phi) is 4.82. The van der Waals surface area contributed by atoms with Crippen molar-refractivity contribution in [1.29, 1.82) is 0 Å². The predicted octanol–water partition coefficient (Wildman–Crippen LogP) is 1.73. The molecule has 2 rings (SSSR count). The molecule has 1 aromatic rings. The number of rotatable bonds is 1. The zero-order chi connectivity index (χ0) is 12.5. The van der Waals surface area contributed by atoms with E-state index in [-0.39, 0.29) is 31.0 Å². The summed E-state index contributed by atoms with van der Waals surface area (Å²) in [6.07, 6.45) is 0.776. The molecule has 1 atom stereocenters. The van der Waals surface area contributed by atoms with Gasteiger partial charge in [0.25, 0.3) is 0 Å². The lowest BCUT2D eigenvalue weighted by atomic mass is 9.95. The zero-order valence-corrected chi connectivity index (χ0v) is 12.2. The summed E-state index contributed by atoms with van der Waals surface area (Å²) in [5.74, 6) is 0.0898. The molecule has 0 fully saturated rings. The zero-order valence-electron chi connectivity index (χ0n) is 11.2. The number of benzene rings is 1. The van der Waals surface area contributed by atoms with Crippen molar-refractivity contribution in [2.24, 2.45) is 0 Å². The van der Waals surface area contributed by atoms with Crippen LogP contribution in [0.15, 0.2) is 24.3 Å². The molecule has 1 aliphatic heterocycles. The number of carbonyl (C=O) groups excluding carboxylic acids is 1. The summed E-state index contributed by atoms with van der Waals surface area (Å²) < 4.78 is 0. The van der Waals surface area contributed by atoms with Gasteiger partial charge >= 0.3 is 0 Å². The number of amides is 1. The highest BCUT2D eigenvalue weighted by atomic mass is 32.1. The maximum Gasteiger partial charge on any atom is 0.237 e. The SMILES string of the molecule is CC(C)(C)NC(=O)C1Cc2ccccc2CN1.S. The minimum absolute atomic E-state index is 0. The predicted molar refractivity (Wildman–Crippen MR) is 79.1 cm³/mol. The van der Waals surface area contributed by atoms with E-state index in [1.165, 1.54) is 11.1 Å².